The number of rotatable bonds is 5. The Morgan fingerprint density at radius 1 is 1.35 bits per heavy atom. The monoisotopic (exact) mass is 317 g/mol. The summed E-state index contributed by atoms with van der Waals surface area (Å²) < 4.78 is 5.04. The molecule has 0 heterocycles. The van der Waals surface area contributed by atoms with Gasteiger partial charge in [-0.15, -0.1) is 0 Å². The lowest BCUT2D eigenvalue weighted by molar-refractivity contribution is -0.570. The Bertz CT molecular complexity index is 736. The minimum Gasteiger partial charge on any atom is -0.497 e. The first-order valence-corrected chi connectivity index (χ1v) is 6.77. The number of carboxylic acids is 1. The lowest BCUT2D eigenvalue weighted by atomic mass is 9.73. The van der Waals surface area contributed by atoms with Crippen LogP contribution in [0.25, 0.3) is 0 Å². The van der Waals surface area contributed by atoms with E-state index in [1.165, 1.54) is 44.4 Å². The molecule has 0 amide bonds. The molecule has 1 N–H and O–H groups in total. The number of hydrogen-bond acceptors (Lipinski definition) is 5. The van der Waals surface area contributed by atoms with Crippen molar-refractivity contribution in [2.75, 3.05) is 7.11 Å². The van der Waals surface area contributed by atoms with Gasteiger partial charge in [-0.25, -0.2) is 0 Å². The van der Waals surface area contributed by atoms with Crippen LogP contribution < -0.4 is 0 Å². The number of nitro groups is 1. The van der Waals surface area contributed by atoms with Crippen molar-refractivity contribution < 1.29 is 24.4 Å². The summed E-state index contributed by atoms with van der Waals surface area (Å²) in [5, 5.41) is 21.4. The van der Waals surface area contributed by atoms with Gasteiger partial charge in [-0.2, -0.15) is 0 Å². The Balaban J connectivity index is 2.84. The first-order chi connectivity index (χ1) is 10.8. The molecule has 0 aliphatic heterocycles. The molecule has 0 aromatic heterocycles. The van der Waals surface area contributed by atoms with E-state index < -0.39 is 22.3 Å². The summed E-state index contributed by atoms with van der Waals surface area (Å²) >= 11 is 0. The number of hydrogen-bond donors (Lipinski definition) is 1. The summed E-state index contributed by atoms with van der Waals surface area (Å²) in [6, 6.07) is 5.95. The number of aliphatic carboxylic acids is 1. The van der Waals surface area contributed by atoms with Gasteiger partial charge in [0.1, 0.15) is 5.76 Å². The molecule has 1 aromatic carbocycles. The van der Waals surface area contributed by atoms with Crippen LogP contribution in [0, 0.1) is 16.0 Å². The normalized spacial score (nSPS) is 23.0. The number of methoxy groups -OCH3 is 1. The predicted molar refractivity (Wildman–Crippen MR) is 80.5 cm³/mol. The molecule has 0 radical (unpaired) electrons. The molecule has 0 spiro atoms. The van der Waals surface area contributed by atoms with E-state index in [1.807, 2.05) is 0 Å². The van der Waals surface area contributed by atoms with E-state index in [1.54, 1.807) is 6.07 Å². The van der Waals surface area contributed by atoms with E-state index in [2.05, 4.69) is 0 Å². The van der Waals surface area contributed by atoms with Crippen LogP contribution in [0.15, 0.2) is 48.3 Å². The molecule has 0 bridgehead atoms. The van der Waals surface area contributed by atoms with Crippen LogP contribution in [0.5, 0.6) is 0 Å². The number of allylic oxidation sites excluding steroid dienone is 1. The quantitative estimate of drug-likeness (QED) is 0.506. The third kappa shape index (κ3) is 2.61. The minimum absolute atomic E-state index is 0.0313. The molecular formula is C16H15NO6. The first-order valence-electron chi connectivity index (χ1n) is 6.77. The van der Waals surface area contributed by atoms with E-state index in [0.29, 0.717) is 0 Å². The summed E-state index contributed by atoms with van der Waals surface area (Å²) in [6.07, 6.45) is 3.73. The Morgan fingerprint density at radius 3 is 2.52 bits per heavy atom. The molecule has 2 atom stereocenters. The second-order valence-electron chi connectivity index (χ2n) is 5.11. The largest absolute Gasteiger partial charge is 0.497 e. The third-order valence-corrected chi connectivity index (χ3v) is 3.83. The van der Waals surface area contributed by atoms with Crippen LogP contribution in [0.3, 0.4) is 0 Å². The maximum atomic E-state index is 11.9. The first kappa shape index (κ1) is 16.4. The number of benzene rings is 1. The van der Waals surface area contributed by atoms with Gasteiger partial charge >= 0.3 is 5.97 Å². The molecule has 7 nitrogen and oxygen atoms in total. The molecule has 0 saturated carbocycles. The molecule has 1 aromatic rings. The van der Waals surface area contributed by atoms with E-state index in [-0.39, 0.29) is 22.7 Å². The lowest BCUT2D eigenvalue weighted by Gasteiger charge is -2.30. The maximum Gasteiger partial charge on any atom is 0.318 e. The zero-order valence-corrected chi connectivity index (χ0v) is 12.6. The minimum atomic E-state index is -2.12. The molecule has 23 heavy (non-hydrogen) atoms. The summed E-state index contributed by atoms with van der Waals surface area (Å²) in [5.41, 5.74) is -1.98. The van der Waals surface area contributed by atoms with Crippen LogP contribution in [-0.2, 0) is 15.1 Å². The fraction of sp³-hybridized carbons (Fsp3) is 0.250. The maximum absolute atomic E-state index is 11.9. The van der Waals surface area contributed by atoms with E-state index in [9.17, 15) is 24.8 Å². The molecule has 7 heteroatoms. The molecule has 2 rings (SSSR count). The Hall–Kier alpha value is -2.96. The van der Waals surface area contributed by atoms with Crippen molar-refractivity contribution in [1.29, 1.82) is 0 Å². The third-order valence-electron chi connectivity index (χ3n) is 3.83. The van der Waals surface area contributed by atoms with Crippen molar-refractivity contribution in [2.24, 2.45) is 5.92 Å². The number of carbonyl (C=O) groups is 2. The van der Waals surface area contributed by atoms with Gasteiger partial charge in [-0.05, 0) is 13.0 Å². The highest BCUT2D eigenvalue weighted by atomic mass is 16.6. The van der Waals surface area contributed by atoms with Crippen LogP contribution in [0.1, 0.15) is 22.8 Å². The van der Waals surface area contributed by atoms with Crippen LogP contribution >= 0.6 is 0 Å². The summed E-state index contributed by atoms with van der Waals surface area (Å²) in [6.45, 7) is 1.28. The number of ether oxygens (including phenoxy) is 1. The molecule has 2 unspecified atom stereocenters. The molecular weight excluding hydrogens is 302 g/mol. The number of carbonyl (C=O) groups excluding carboxylic acids is 1. The van der Waals surface area contributed by atoms with Crippen molar-refractivity contribution in [1.82, 2.24) is 0 Å². The van der Waals surface area contributed by atoms with Gasteiger partial charge in [0, 0.05) is 22.1 Å². The van der Waals surface area contributed by atoms with E-state index in [0.717, 1.165) is 6.08 Å². The highest BCUT2D eigenvalue weighted by Crippen LogP contribution is 2.41. The van der Waals surface area contributed by atoms with Crippen LogP contribution in [-0.4, -0.2) is 28.9 Å². The number of carboxylic acid groups (broad SMARTS) is 1. The SMILES string of the molecule is COC1=CC(c2ccccc2C(C)=O)([N+](=O)[O-])C(C(=O)O)C=C1. The second kappa shape index (κ2) is 6.04. The average molecular weight is 317 g/mol. The Kier molecular flexibility index (Phi) is 4.31. The van der Waals surface area contributed by atoms with Gasteiger partial charge in [-0.3, -0.25) is 19.7 Å². The van der Waals surface area contributed by atoms with Gasteiger partial charge < -0.3 is 9.84 Å². The second-order valence-corrected chi connectivity index (χ2v) is 5.11. The lowest BCUT2D eigenvalue weighted by Crippen LogP contribution is -2.46. The molecule has 1 aliphatic carbocycles. The highest BCUT2D eigenvalue weighted by molar-refractivity contribution is 5.96. The topological polar surface area (TPSA) is 107 Å². The van der Waals surface area contributed by atoms with Gasteiger partial charge in [0.2, 0.25) is 0 Å². The smallest absolute Gasteiger partial charge is 0.318 e. The molecule has 1 aliphatic rings. The standard InChI is InChI=1S/C16H15NO6/c1-10(18)12-5-3-4-6-13(12)16(17(21)22)9-11(23-2)7-8-14(16)15(19)20/h3-9,14H,1-2H3,(H,19,20). The van der Waals surface area contributed by atoms with Crippen molar-refractivity contribution in [3.63, 3.8) is 0 Å². The van der Waals surface area contributed by atoms with Gasteiger partial charge in [0.15, 0.2) is 11.7 Å². The summed E-state index contributed by atoms with van der Waals surface area (Å²) in [5.74, 6) is -3.04. The van der Waals surface area contributed by atoms with Crippen LogP contribution in [0.2, 0.25) is 0 Å². The van der Waals surface area contributed by atoms with Gasteiger partial charge in [-0.1, -0.05) is 30.3 Å². The molecule has 0 fully saturated rings. The number of Topliss-reactive ketones (excluding diaryl/α,β-unsaturated/α-hetero) is 1. The summed E-state index contributed by atoms with van der Waals surface area (Å²) in [4.78, 5) is 34.7. The Morgan fingerprint density at radius 2 is 2.00 bits per heavy atom. The Labute approximate surface area is 132 Å². The average Bonchev–Trinajstić information content (AvgIpc) is 2.53. The summed E-state index contributed by atoms with van der Waals surface area (Å²) in [7, 11) is 1.33. The molecule has 0 saturated heterocycles. The van der Waals surface area contributed by atoms with Crippen molar-refractivity contribution >= 4 is 11.8 Å². The van der Waals surface area contributed by atoms with Crippen molar-refractivity contribution in [2.45, 2.75) is 12.5 Å². The fourth-order valence-corrected chi connectivity index (χ4v) is 2.74. The highest BCUT2D eigenvalue weighted by Gasteiger charge is 2.56. The van der Waals surface area contributed by atoms with Crippen LogP contribution in [0.4, 0.5) is 0 Å². The predicted octanol–water partition coefficient (Wildman–Crippen LogP) is 2.16. The van der Waals surface area contributed by atoms with E-state index in [4.69, 9.17) is 4.74 Å². The van der Waals surface area contributed by atoms with Crippen molar-refractivity contribution in [3.05, 3.63) is 69.5 Å². The molecule has 120 valence electrons. The van der Waals surface area contributed by atoms with Gasteiger partial charge in [0.05, 0.1) is 7.11 Å². The number of nitrogens with zero attached hydrogens (tertiary/aromatic N) is 1. The van der Waals surface area contributed by atoms with Gasteiger partial charge in [0.25, 0.3) is 5.54 Å². The van der Waals surface area contributed by atoms with Crippen molar-refractivity contribution in [3.8, 4) is 0 Å². The van der Waals surface area contributed by atoms with E-state index >= 15 is 0 Å². The fourth-order valence-electron chi connectivity index (χ4n) is 2.74. The zero-order valence-electron chi connectivity index (χ0n) is 12.6. The number of ketones is 1. The zero-order chi connectivity index (χ0) is 17.2.